The Labute approximate surface area is 258 Å². The van der Waals surface area contributed by atoms with Gasteiger partial charge in [-0.3, -0.25) is 23.4 Å². The van der Waals surface area contributed by atoms with Crippen LogP contribution in [-0.4, -0.2) is 59.9 Å². The monoisotopic (exact) mass is 635 g/mol. The van der Waals surface area contributed by atoms with Crippen molar-refractivity contribution in [1.29, 1.82) is 0 Å². The number of carbonyl (C=O) groups is 3. The highest BCUT2D eigenvalue weighted by atomic mass is 31.2. The Hall–Kier alpha value is -1.78. The van der Waals surface area contributed by atoms with Crippen LogP contribution in [0.1, 0.15) is 136 Å². The van der Waals surface area contributed by atoms with Gasteiger partial charge in [0.15, 0.2) is 6.10 Å². The highest BCUT2D eigenvalue weighted by Crippen LogP contribution is 2.43. The molecule has 0 radical (unpaired) electrons. The summed E-state index contributed by atoms with van der Waals surface area (Å²) in [5.41, 5.74) is 5.28. The van der Waals surface area contributed by atoms with Gasteiger partial charge in [0.25, 0.3) is 0 Å². The number of hydrogen-bond acceptors (Lipinski definition) is 9. The summed E-state index contributed by atoms with van der Waals surface area (Å²) in [6.07, 6.45) is 21.7. The van der Waals surface area contributed by atoms with Gasteiger partial charge >= 0.3 is 25.7 Å². The molecule has 0 rings (SSSR count). The van der Waals surface area contributed by atoms with Gasteiger partial charge in [-0.1, -0.05) is 96.6 Å². The van der Waals surface area contributed by atoms with Crippen LogP contribution in [0.2, 0.25) is 0 Å². The van der Waals surface area contributed by atoms with Crippen LogP contribution in [0.15, 0.2) is 12.2 Å². The van der Waals surface area contributed by atoms with Gasteiger partial charge in [-0.15, -0.1) is 0 Å². The molecule has 0 aliphatic rings. The van der Waals surface area contributed by atoms with Gasteiger partial charge in [-0.25, -0.2) is 4.57 Å². The number of carboxylic acid groups (broad SMARTS) is 1. The molecule has 1 unspecified atom stereocenters. The first kappa shape index (κ1) is 41.2. The van der Waals surface area contributed by atoms with Crippen molar-refractivity contribution in [2.45, 2.75) is 148 Å². The molecule has 12 heteroatoms. The Bertz CT molecular complexity index is 807. The van der Waals surface area contributed by atoms with E-state index in [4.69, 9.17) is 24.8 Å². The van der Waals surface area contributed by atoms with E-state index in [1.807, 2.05) is 0 Å². The average molecular weight is 636 g/mol. The van der Waals surface area contributed by atoms with Crippen molar-refractivity contribution in [3.8, 4) is 0 Å². The lowest BCUT2D eigenvalue weighted by atomic mass is 10.1. The smallest absolute Gasteiger partial charge is 0.472 e. The topological polar surface area (TPSA) is 172 Å². The quantitative estimate of drug-likeness (QED) is 0.0321. The summed E-state index contributed by atoms with van der Waals surface area (Å²) < 4.78 is 32.3. The first-order valence-electron chi connectivity index (χ1n) is 16.2. The van der Waals surface area contributed by atoms with Gasteiger partial charge in [0.1, 0.15) is 12.6 Å². The molecule has 0 aromatic carbocycles. The van der Waals surface area contributed by atoms with Gasteiger partial charge < -0.3 is 25.2 Å². The van der Waals surface area contributed by atoms with Crippen molar-refractivity contribution in [3.63, 3.8) is 0 Å². The van der Waals surface area contributed by atoms with E-state index in [2.05, 4.69) is 30.5 Å². The maximum Gasteiger partial charge on any atom is 0.472 e. The third-order valence-electron chi connectivity index (χ3n) is 6.76. The highest BCUT2D eigenvalue weighted by Gasteiger charge is 2.28. The molecule has 43 heavy (non-hydrogen) atoms. The molecule has 11 nitrogen and oxygen atoms in total. The van der Waals surface area contributed by atoms with Crippen LogP contribution in [0, 0.1) is 0 Å². The van der Waals surface area contributed by atoms with Gasteiger partial charge in [-0.2, -0.15) is 0 Å². The third kappa shape index (κ3) is 27.5. The summed E-state index contributed by atoms with van der Waals surface area (Å²) in [6, 6.07) is -1.52. The number of allylic oxidation sites excluding steroid dienone is 2. The van der Waals surface area contributed by atoms with Crippen molar-refractivity contribution < 1.29 is 47.5 Å². The molecular weight excluding hydrogens is 577 g/mol. The fourth-order valence-electron chi connectivity index (χ4n) is 4.12. The number of aliphatic carboxylic acids is 1. The Morgan fingerprint density at radius 3 is 1.74 bits per heavy atom. The highest BCUT2D eigenvalue weighted by molar-refractivity contribution is 7.47. The van der Waals surface area contributed by atoms with Crippen molar-refractivity contribution >= 4 is 25.7 Å². The molecule has 0 aromatic rings. The molecule has 0 heterocycles. The lowest BCUT2D eigenvalue weighted by Gasteiger charge is -2.20. The Kier molecular flexibility index (Phi) is 26.6. The number of unbranched alkanes of at least 4 members (excludes halogenated alkanes) is 14. The first-order chi connectivity index (χ1) is 20.6. The predicted molar refractivity (Wildman–Crippen MR) is 166 cm³/mol. The van der Waals surface area contributed by atoms with E-state index in [1.54, 1.807) is 0 Å². The number of rotatable bonds is 30. The minimum atomic E-state index is -4.69. The van der Waals surface area contributed by atoms with Crippen LogP contribution in [-0.2, 0) is 37.5 Å². The van der Waals surface area contributed by atoms with Crippen LogP contribution in [0.3, 0.4) is 0 Å². The van der Waals surface area contributed by atoms with Crippen molar-refractivity contribution in [2.24, 2.45) is 5.73 Å². The maximum atomic E-state index is 12.4. The zero-order valence-electron chi connectivity index (χ0n) is 26.6. The van der Waals surface area contributed by atoms with Crippen LogP contribution < -0.4 is 5.73 Å². The lowest BCUT2D eigenvalue weighted by molar-refractivity contribution is -0.161. The van der Waals surface area contributed by atoms with E-state index in [0.717, 1.165) is 57.8 Å². The van der Waals surface area contributed by atoms with E-state index in [1.165, 1.54) is 38.5 Å². The Balaban J connectivity index is 4.53. The maximum absolute atomic E-state index is 12.4. The summed E-state index contributed by atoms with van der Waals surface area (Å²) in [5, 5.41) is 8.80. The number of esters is 2. The molecule has 4 N–H and O–H groups in total. The lowest BCUT2D eigenvalue weighted by Crippen LogP contribution is -2.34. The van der Waals surface area contributed by atoms with Crippen LogP contribution >= 0.6 is 7.82 Å². The molecule has 0 bridgehead atoms. The molecule has 0 aliphatic heterocycles. The minimum Gasteiger partial charge on any atom is -0.480 e. The summed E-state index contributed by atoms with van der Waals surface area (Å²) in [7, 11) is -4.69. The normalized spacial score (nSPS) is 14.3. The number of carbonyl (C=O) groups excluding carboxylic acids is 2. The van der Waals surface area contributed by atoms with Gasteiger partial charge in [0, 0.05) is 12.8 Å². The zero-order valence-corrected chi connectivity index (χ0v) is 27.4. The molecule has 3 atom stereocenters. The van der Waals surface area contributed by atoms with Gasteiger partial charge in [0.05, 0.1) is 13.2 Å². The largest absolute Gasteiger partial charge is 0.480 e. The van der Waals surface area contributed by atoms with E-state index in [-0.39, 0.29) is 19.4 Å². The van der Waals surface area contributed by atoms with Gasteiger partial charge in [0.2, 0.25) is 0 Å². The average Bonchev–Trinajstić information content (AvgIpc) is 2.97. The number of ether oxygens (including phenoxy) is 2. The fourth-order valence-corrected chi connectivity index (χ4v) is 4.89. The second-order valence-corrected chi connectivity index (χ2v) is 12.4. The molecule has 0 aliphatic carbocycles. The summed E-state index contributed by atoms with van der Waals surface area (Å²) in [5.74, 6) is -2.40. The Morgan fingerprint density at radius 1 is 0.698 bits per heavy atom. The molecule has 0 saturated carbocycles. The van der Waals surface area contributed by atoms with Crippen LogP contribution in [0.25, 0.3) is 0 Å². The fraction of sp³-hybridized carbons (Fsp3) is 0.839. The molecular formula is C31H58NO10P. The molecule has 0 aromatic heterocycles. The predicted octanol–water partition coefficient (Wildman–Crippen LogP) is 6.99. The minimum absolute atomic E-state index is 0.153. The van der Waals surface area contributed by atoms with Crippen molar-refractivity contribution in [2.75, 3.05) is 19.8 Å². The number of nitrogens with two attached hydrogens (primary N) is 1. The van der Waals surface area contributed by atoms with E-state index >= 15 is 0 Å². The second kappa shape index (κ2) is 27.7. The van der Waals surface area contributed by atoms with E-state index in [0.29, 0.717) is 12.8 Å². The van der Waals surface area contributed by atoms with Crippen molar-refractivity contribution in [1.82, 2.24) is 0 Å². The summed E-state index contributed by atoms with van der Waals surface area (Å²) >= 11 is 0. The van der Waals surface area contributed by atoms with Crippen LogP contribution in [0.4, 0.5) is 0 Å². The second-order valence-electron chi connectivity index (χ2n) is 10.9. The first-order valence-corrected chi connectivity index (χ1v) is 17.7. The molecule has 0 spiro atoms. The van der Waals surface area contributed by atoms with E-state index in [9.17, 15) is 23.8 Å². The van der Waals surface area contributed by atoms with E-state index < -0.39 is 51.1 Å². The number of hydrogen-bond donors (Lipinski definition) is 3. The third-order valence-corrected chi connectivity index (χ3v) is 7.71. The zero-order chi connectivity index (χ0) is 32.2. The van der Waals surface area contributed by atoms with Crippen molar-refractivity contribution in [3.05, 3.63) is 12.2 Å². The molecule has 0 fully saturated rings. The molecule has 0 saturated heterocycles. The Morgan fingerprint density at radius 2 is 1.16 bits per heavy atom. The number of phosphoric acid groups is 1. The standard InChI is InChI=1S/C31H58NO10P/c1-3-5-7-9-11-12-13-14-15-17-19-21-23-30(34)42-27(25-40-43(37,38)41-26-28(32)31(35)36)24-39-29(33)22-20-18-16-10-8-6-4-2/h11-12,27-28H,3-10,13-26,32H2,1-2H3,(H,35,36)(H,37,38)/b12-11+/t27-,28+/m1/s1. The van der Waals surface area contributed by atoms with Crippen LogP contribution in [0.5, 0.6) is 0 Å². The molecule has 252 valence electrons. The summed E-state index contributed by atoms with van der Waals surface area (Å²) in [6.45, 7) is 2.67. The number of carboxylic acids is 1. The molecule has 0 amide bonds. The summed E-state index contributed by atoms with van der Waals surface area (Å²) in [4.78, 5) is 45.3. The van der Waals surface area contributed by atoms with Gasteiger partial charge in [-0.05, 0) is 38.5 Å². The SMILES string of the molecule is CCCCC/C=C/CCCCCCCC(=O)O[C@H](COC(=O)CCCCCCCCC)COP(=O)(O)OC[C@H](N)C(=O)O. The number of phosphoric ester groups is 1.